The zero-order valence-corrected chi connectivity index (χ0v) is 17.9. The van der Waals surface area contributed by atoms with Crippen LogP contribution < -0.4 is 0 Å². The van der Waals surface area contributed by atoms with Crippen LogP contribution in [-0.2, 0) is 9.53 Å². The minimum absolute atomic E-state index is 0.229. The molecular weight excluding hydrogens is 394 g/mol. The molecule has 1 saturated carbocycles. The Kier molecular flexibility index (Phi) is 4.95. The molecule has 0 amide bonds. The fraction of sp³-hybridized carbons (Fsp3) is 0.292. The van der Waals surface area contributed by atoms with Gasteiger partial charge in [0.05, 0.1) is 24.0 Å². The number of aromatic nitrogens is 3. The van der Waals surface area contributed by atoms with Crippen molar-refractivity contribution in [3.05, 3.63) is 60.4 Å². The van der Waals surface area contributed by atoms with E-state index in [0.717, 1.165) is 21.9 Å². The lowest BCUT2D eigenvalue weighted by molar-refractivity contribution is -0.142. The monoisotopic (exact) mass is 417 g/mol. The van der Waals surface area contributed by atoms with E-state index in [0.29, 0.717) is 12.5 Å². The van der Waals surface area contributed by atoms with Gasteiger partial charge in [-0.2, -0.15) is 0 Å². The highest BCUT2D eigenvalue weighted by Gasteiger charge is 2.27. The number of hydrogen-bond donors (Lipinski definition) is 0. The van der Waals surface area contributed by atoms with Crippen LogP contribution >= 0.6 is 11.8 Å². The van der Waals surface area contributed by atoms with Gasteiger partial charge in [0, 0.05) is 11.6 Å². The summed E-state index contributed by atoms with van der Waals surface area (Å²) >= 11 is 1.42. The van der Waals surface area contributed by atoms with Crippen LogP contribution in [0.25, 0.3) is 27.5 Å². The van der Waals surface area contributed by atoms with Gasteiger partial charge in [-0.05, 0) is 55.7 Å². The van der Waals surface area contributed by atoms with Crippen molar-refractivity contribution < 1.29 is 9.53 Å². The summed E-state index contributed by atoms with van der Waals surface area (Å²) in [5.41, 5.74) is 4.29. The van der Waals surface area contributed by atoms with Crippen LogP contribution in [0, 0.1) is 0 Å². The maximum absolute atomic E-state index is 12.3. The molecule has 2 aromatic heterocycles. The quantitative estimate of drug-likeness (QED) is 0.306. The predicted molar refractivity (Wildman–Crippen MR) is 120 cm³/mol. The van der Waals surface area contributed by atoms with Crippen LogP contribution in [-0.4, -0.2) is 32.4 Å². The van der Waals surface area contributed by atoms with E-state index in [1.807, 2.05) is 19.9 Å². The Morgan fingerprint density at radius 3 is 2.77 bits per heavy atom. The normalized spacial score (nSPS) is 14.9. The number of nitrogens with zero attached hydrogens (tertiary/aromatic N) is 3. The number of fused-ring (bicyclic) bond motifs is 2. The molecule has 1 unspecified atom stereocenters. The second kappa shape index (κ2) is 7.76. The van der Waals surface area contributed by atoms with Crippen LogP contribution in [0.15, 0.2) is 60.0 Å². The maximum Gasteiger partial charge on any atom is 0.319 e. The van der Waals surface area contributed by atoms with Crippen molar-refractivity contribution >= 4 is 39.5 Å². The van der Waals surface area contributed by atoms with Crippen LogP contribution in [0.4, 0.5) is 0 Å². The topological polar surface area (TPSA) is 57.0 Å². The van der Waals surface area contributed by atoms with Crippen molar-refractivity contribution in [1.82, 2.24) is 14.5 Å². The van der Waals surface area contributed by atoms with Gasteiger partial charge in [-0.15, -0.1) is 0 Å². The summed E-state index contributed by atoms with van der Waals surface area (Å²) in [7, 11) is 0. The molecule has 5 rings (SSSR count). The number of esters is 1. The first-order valence-electron chi connectivity index (χ1n) is 10.3. The summed E-state index contributed by atoms with van der Waals surface area (Å²) < 4.78 is 7.35. The van der Waals surface area contributed by atoms with Crippen molar-refractivity contribution in [1.29, 1.82) is 0 Å². The van der Waals surface area contributed by atoms with E-state index in [4.69, 9.17) is 9.72 Å². The summed E-state index contributed by atoms with van der Waals surface area (Å²) in [5.74, 6) is 0.443. The van der Waals surface area contributed by atoms with Gasteiger partial charge in [-0.3, -0.25) is 14.3 Å². The molecule has 2 heterocycles. The Bertz CT molecular complexity index is 1250. The zero-order valence-electron chi connectivity index (χ0n) is 17.0. The van der Waals surface area contributed by atoms with Crippen LogP contribution in [0.2, 0.25) is 0 Å². The van der Waals surface area contributed by atoms with Crippen molar-refractivity contribution in [3.8, 4) is 5.69 Å². The molecular formula is C24H23N3O2S. The number of benzene rings is 2. The molecule has 1 fully saturated rings. The fourth-order valence-electron chi connectivity index (χ4n) is 3.94. The third kappa shape index (κ3) is 3.35. The molecule has 0 N–H and O–H groups in total. The van der Waals surface area contributed by atoms with E-state index < -0.39 is 0 Å². The molecule has 6 heteroatoms. The van der Waals surface area contributed by atoms with Crippen molar-refractivity contribution in [3.63, 3.8) is 0 Å². The number of rotatable bonds is 6. The molecule has 152 valence electrons. The van der Waals surface area contributed by atoms with Gasteiger partial charge in [0.15, 0.2) is 5.16 Å². The highest BCUT2D eigenvalue weighted by molar-refractivity contribution is 8.00. The molecule has 0 spiro atoms. The van der Waals surface area contributed by atoms with Crippen molar-refractivity contribution in [2.24, 2.45) is 0 Å². The first-order valence-corrected chi connectivity index (χ1v) is 11.2. The van der Waals surface area contributed by atoms with Crippen molar-refractivity contribution in [2.45, 2.75) is 43.0 Å². The molecule has 0 aliphatic heterocycles. The Morgan fingerprint density at radius 1 is 1.20 bits per heavy atom. The van der Waals surface area contributed by atoms with Gasteiger partial charge in [-0.1, -0.05) is 42.1 Å². The molecule has 0 saturated heterocycles. The van der Waals surface area contributed by atoms with E-state index >= 15 is 0 Å². The number of carbonyl (C=O) groups is 1. The van der Waals surface area contributed by atoms with Crippen LogP contribution in [0.5, 0.6) is 0 Å². The Labute approximate surface area is 179 Å². The number of imidazole rings is 1. The van der Waals surface area contributed by atoms with Gasteiger partial charge in [0.1, 0.15) is 10.8 Å². The van der Waals surface area contributed by atoms with Gasteiger partial charge < -0.3 is 4.74 Å². The Hall–Kier alpha value is -2.86. The number of carbonyl (C=O) groups excluding carboxylic acids is 1. The molecule has 0 bridgehead atoms. The van der Waals surface area contributed by atoms with Gasteiger partial charge in [0.25, 0.3) is 0 Å². The third-order valence-corrected chi connectivity index (χ3v) is 6.55. The Morgan fingerprint density at radius 2 is 2.00 bits per heavy atom. The first kappa shape index (κ1) is 19.1. The molecule has 4 aromatic rings. The lowest BCUT2D eigenvalue weighted by Gasteiger charge is -2.16. The van der Waals surface area contributed by atoms with Crippen LogP contribution in [0.3, 0.4) is 0 Å². The van der Waals surface area contributed by atoms with Gasteiger partial charge in [0.2, 0.25) is 0 Å². The van der Waals surface area contributed by atoms with E-state index in [-0.39, 0.29) is 11.2 Å². The standard InChI is InChI=1S/C24H23N3O2S/c1-3-29-23(28)15(2)30-24-26-20-14-25-13-12-22(20)27(24)21-11-10-17(16-8-9-16)18-6-4-5-7-19(18)21/h4-7,10-16H,3,8-9H2,1-2H3. The second-order valence-electron chi connectivity index (χ2n) is 7.60. The van der Waals surface area contributed by atoms with E-state index in [1.165, 1.54) is 40.9 Å². The summed E-state index contributed by atoms with van der Waals surface area (Å²) in [6, 6.07) is 15.0. The molecule has 1 atom stereocenters. The molecule has 5 nitrogen and oxygen atoms in total. The number of pyridine rings is 1. The molecule has 2 aromatic carbocycles. The zero-order chi connectivity index (χ0) is 20.7. The van der Waals surface area contributed by atoms with E-state index in [9.17, 15) is 4.79 Å². The number of thioether (sulfide) groups is 1. The fourth-order valence-corrected chi connectivity index (χ4v) is 4.87. The van der Waals surface area contributed by atoms with Crippen LogP contribution in [0.1, 0.15) is 38.2 Å². The van der Waals surface area contributed by atoms with Gasteiger partial charge >= 0.3 is 5.97 Å². The SMILES string of the molecule is CCOC(=O)C(C)Sc1nc2cnccc2n1-c1ccc(C2CC2)c2ccccc12. The third-order valence-electron chi connectivity index (χ3n) is 5.52. The molecule has 0 radical (unpaired) electrons. The highest BCUT2D eigenvalue weighted by Crippen LogP contribution is 2.44. The number of hydrogen-bond acceptors (Lipinski definition) is 5. The highest BCUT2D eigenvalue weighted by atomic mass is 32.2. The maximum atomic E-state index is 12.3. The predicted octanol–water partition coefficient (Wildman–Crippen LogP) is 5.49. The summed E-state index contributed by atoms with van der Waals surface area (Å²) in [6.07, 6.45) is 6.08. The molecule has 1 aliphatic rings. The summed E-state index contributed by atoms with van der Waals surface area (Å²) in [5, 5.41) is 2.90. The Balaban J connectivity index is 1.69. The summed E-state index contributed by atoms with van der Waals surface area (Å²) in [6.45, 7) is 4.06. The van der Waals surface area contributed by atoms with Crippen molar-refractivity contribution in [2.75, 3.05) is 6.61 Å². The lowest BCUT2D eigenvalue weighted by Crippen LogP contribution is -2.17. The lowest BCUT2D eigenvalue weighted by atomic mass is 9.99. The summed E-state index contributed by atoms with van der Waals surface area (Å²) in [4.78, 5) is 21.3. The molecule has 30 heavy (non-hydrogen) atoms. The average molecular weight is 418 g/mol. The minimum atomic E-state index is -0.356. The molecule has 1 aliphatic carbocycles. The van der Waals surface area contributed by atoms with Gasteiger partial charge in [-0.25, -0.2) is 4.98 Å². The number of ether oxygens (including phenoxy) is 1. The van der Waals surface area contributed by atoms with E-state index in [2.05, 4.69) is 45.9 Å². The average Bonchev–Trinajstić information content (AvgIpc) is 3.54. The smallest absolute Gasteiger partial charge is 0.319 e. The first-order chi connectivity index (χ1) is 14.7. The van der Waals surface area contributed by atoms with E-state index in [1.54, 1.807) is 12.4 Å². The minimum Gasteiger partial charge on any atom is -0.465 e. The largest absolute Gasteiger partial charge is 0.465 e. The second-order valence-corrected chi connectivity index (χ2v) is 8.91.